The Bertz CT molecular complexity index is 428. The summed E-state index contributed by atoms with van der Waals surface area (Å²) < 4.78 is 0. The minimum atomic E-state index is -0.825. The highest BCUT2D eigenvalue weighted by Gasteiger charge is 2.09. The van der Waals surface area contributed by atoms with Crippen molar-refractivity contribution in [2.75, 3.05) is 0 Å². The van der Waals surface area contributed by atoms with Gasteiger partial charge in [0, 0.05) is 28.6 Å². The Morgan fingerprint density at radius 1 is 1.37 bits per heavy atom. The molecular weight excluding hydrogens is 262 g/mol. The maximum absolute atomic E-state index is 11.6. The maximum Gasteiger partial charge on any atom is 0.303 e. The fourth-order valence-electron chi connectivity index (χ4n) is 1.80. The molecule has 0 radical (unpaired) electrons. The van der Waals surface area contributed by atoms with Crippen molar-refractivity contribution in [2.45, 2.75) is 52.0 Å². The average molecular weight is 283 g/mol. The summed E-state index contributed by atoms with van der Waals surface area (Å²) in [4.78, 5) is 24.7. The normalized spacial score (nSPS) is 12.1. The largest absolute Gasteiger partial charge is 0.481 e. The topological polar surface area (TPSA) is 66.4 Å². The average Bonchev–Trinajstić information content (AvgIpc) is 2.72. The fourth-order valence-corrected chi connectivity index (χ4v) is 2.73. The number of carbonyl (C=O) groups is 2. The number of carboxylic acids is 1. The van der Waals surface area contributed by atoms with Gasteiger partial charge in [-0.3, -0.25) is 9.59 Å². The second kappa shape index (κ2) is 7.94. The number of amides is 1. The maximum atomic E-state index is 11.6. The lowest BCUT2D eigenvalue weighted by Crippen LogP contribution is -2.32. The molecule has 1 aromatic heterocycles. The minimum absolute atomic E-state index is 0.00571. The minimum Gasteiger partial charge on any atom is -0.481 e. The van der Waals surface area contributed by atoms with Crippen LogP contribution in [0.25, 0.3) is 0 Å². The van der Waals surface area contributed by atoms with Crippen molar-refractivity contribution in [1.82, 2.24) is 5.32 Å². The number of carbonyl (C=O) groups excluding carboxylic acids is 1. The van der Waals surface area contributed by atoms with Crippen LogP contribution in [0.5, 0.6) is 0 Å². The van der Waals surface area contributed by atoms with E-state index in [0.717, 1.165) is 12.8 Å². The number of thiophene rings is 1. The van der Waals surface area contributed by atoms with Gasteiger partial charge in [0.25, 0.3) is 0 Å². The first-order valence-corrected chi connectivity index (χ1v) is 7.35. The molecule has 19 heavy (non-hydrogen) atoms. The third kappa shape index (κ3) is 6.96. The third-order valence-corrected chi connectivity index (χ3v) is 3.88. The van der Waals surface area contributed by atoms with E-state index in [1.807, 2.05) is 6.92 Å². The van der Waals surface area contributed by atoms with Crippen molar-refractivity contribution in [3.05, 3.63) is 21.9 Å². The number of hydrogen-bond donors (Lipinski definition) is 2. The molecule has 0 aliphatic heterocycles. The van der Waals surface area contributed by atoms with Gasteiger partial charge in [-0.2, -0.15) is 0 Å². The molecule has 0 spiro atoms. The van der Waals surface area contributed by atoms with Gasteiger partial charge >= 0.3 is 5.97 Å². The summed E-state index contributed by atoms with van der Waals surface area (Å²) in [7, 11) is 0. The number of rotatable bonds is 8. The molecule has 0 saturated carbocycles. The van der Waals surface area contributed by atoms with E-state index in [2.05, 4.69) is 24.4 Å². The predicted molar refractivity (Wildman–Crippen MR) is 76.5 cm³/mol. The summed E-state index contributed by atoms with van der Waals surface area (Å²) >= 11 is 1.77. The van der Waals surface area contributed by atoms with Crippen LogP contribution < -0.4 is 5.32 Å². The zero-order valence-electron chi connectivity index (χ0n) is 11.4. The Balaban J connectivity index is 2.15. The fraction of sp³-hybridized carbons (Fsp3) is 0.571. The SMILES string of the molecule is Cc1ccc(CCCC(=O)NC(C)CCC(=O)O)s1. The van der Waals surface area contributed by atoms with Crippen LogP contribution >= 0.6 is 11.3 Å². The molecular formula is C14H21NO3S. The summed E-state index contributed by atoms with van der Waals surface area (Å²) in [6.07, 6.45) is 2.82. The molecule has 0 fully saturated rings. The molecule has 0 bridgehead atoms. The lowest BCUT2D eigenvalue weighted by atomic mass is 10.1. The number of aryl methyl sites for hydroxylation is 2. The van der Waals surface area contributed by atoms with E-state index in [1.165, 1.54) is 9.75 Å². The highest BCUT2D eigenvalue weighted by atomic mass is 32.1. The van der Waals surface area contributed by atoms with E-state index >= 15 is 0 Å². The number of aliphatic carboxylic acids is 1. The Hall–Kier alpha value is -1.36. The van der Waals surface area contributed by atoms with Crippen molar-refractivity contribution in [2.24, 2.45) is 0 Å². The molecule has 1 unspecified atom stereocenters. The van der Waals surface area contributed by atoms with E-state index in [9.17, 15) is 9.59 Å². The highest BCUT2D eigenvalue weighted by molar-refractivity contribution is 7.11. The van der Waals surface area contributed by atoms with Crippen LogP contribution in [0.4, 0.5) is 0 Å². The van der Waals surface area contributed by atoms with E-state index < -0.39 is 5.97 Å². The summed E-state index contributed by atoms with van der Waals surface area (Å²) in [5.74, 6) is -0.819. The smallest absolute Gasteiger partial charge is 0.303 e. The highest BCUT2D eigenvalue weighted by Crippen LogP contribution is 2.17. The zero-order chi connectivity index (χ0) is 14.3. The van der Waals surface area contributed by atoms with Crippen molar-refractivity contribution < 1.29 is 14.7 Å². The van der Waals surface area contributed by atoms with Crippen LogP contribution in [0.1, 0.15) is 42.4 Å². The van der Waals surface area contributed by atoms with Crippen LogP contribution in [-0.4, -0.2) is 23.0 Å². The van der Waals surface area contributed by atoms with E-state index in [1.54, 1.807) is 11.3 Å². The van der Waals surface area contributed by atoms with E-state index in [4.69, 9.17) is 5.11 Å². The van der Waals surface area contributed by atoms with Crippen molar-refractivity contribution in [3.8, 4) is 0 Å². The molecule has 0 aromatic carbocycles. The molecule has 1 atom stereocenters. The summed E-state index contributed by atoms with van der Waals surface area (Å²) in [5.41, 5.74) is 0. The molecule has 0 saturated heterocycles. The van der Waals surface area contributed by atoms with Gasteiger partial charge in [0.15, 0.2) is 0 Å². The van der Waals surface area contributed by atoms with Gasteiger partial charge in [-0.05, 0) is 45.2 Å². The lowest BCUT2D eigenvalue weighted by Gasteiger charge is -2.12. The number of nitrogens with one attached hydrogen (secondary N) is 1. The Morgan fingerprint density at radius 3 is 2.68 bits per heavy atom. The van der Waals surface area contributed by atoms with Gasteiger partial charge in [0.1, 0.15) is 0 Å². The second-order valence-electron chi connectivity index (χ2n) is 4.77. The van der Waals surface area contributed by atoms with Gasteiger partial charge in [-0.15, -0.1) is 11.3 Å². The number of hydrogen-bond acceptors (Lipinski definition) is 3. The molecule has 1 heterocycles. The van der Waals surface area contributed by atoms with Gasteiger partial charge in [0.05, 0.1) is 0 Å². The predicted octanol–water partition coefficient (Wildman–Crippen LogP) is 2.75. The Labute approximate surface area is 117 Å². The molecule has 5 heteroatoms. The molecule has 1 aromatic rings. The van der Waals surface area contributed by atoms with Crippen molar-refractivity contribution in [3.63, 3.8) is 0 Å². The molecule has 106 valence electrons. The van der Waals surface area contributed by atoms with Crippen LogP contribution in [0.3, 0.4) is 0 Å². The quantitative estimate of drug-likeness (QED) is 0.771. The van der Waals surface area contributed by atoms with Gasteiger partial charge in [0.2, 0.25) is 5.91 Å². The molecule has 1 rings (SSSR count). The summed E-state index contributed by atoms with van der Waals surface area (Å²) in [6, 6.07) is 4.12. The first-order valence-electron chi connectivity index (χ1n) is 6.54. The van der Waals surface area contributed by atoms with Crippen molar-refractivity contribution in [1.29, 1.82) is 0 Å². The van der Waals surface area contributed by atoms with Crippen LogP contribution in [0, 0.1) is 6.92 Å². The molecule has 1 amide bonds. The molecule has 2 N–H and O–H groups in total. The summed E-state index contributed by atoms with van der Waals surface area (Å²) in [5, 5.41) is 11.4. The Kier molecular flexibility index (Phi) is 6.56. The van der Waals surface area contributed by atoms with Gasteiger partial charge < -0.3 is 10.4 Å². The monoisotopic (exact) mass is 283 g/mol. The second-order valence-corrected chi connectivity index (χ2v) is 6.14. The zero-order valence-corrected chi connectivity index (χ0v) is 12.3. The molecule has 0 aliphatic carbocycles. The van der Waals surface area contributed by atoms with Gasteiger partial charge in [-0.1, -0.05) is 0 Å². The molecule has 4 nitrogen and oxygen atoms in total. The van der Waals surface area contributed by atoms with Crippen LogP contribution in [0.2, 0.25) is 0 Å². The standard InChI is InChI=1S/C14H21NO3S/c1-10(6-9-14(17)18)15-13(16)5-3-4-12-8-7-11(2)19-12/h7-8,10H,3-6,9H2,1-2H3,(H,15,16)(H,17,18). The van der Waals surface area contributed by atoms with Crippen LogP contribution in [0.15, 0.2) is 12.1 Å². The van der Waals surface area contributed by atoms with E-state index in [0.29, 0.717) is 12.8 Å². The van der Waals surface area contributed by atoms with Crippen LogP contribution in [-0.2, 0) is 16.0 Å². The molecule has 0 aliphatic rings. The van der Waals surface area contributed by atoms with Gasteiger partial charge in [-0.25, -0.2) is 0 Å². The first-order chi connectivity index (χ1) is 8.97. The number of carboxylic acid groups (broad SMARTS) is 1. The third-order valence-electron chi connectivity index (χ3n) is 2.82. The lowest BCUT2D eigenvalue weighted by molar-refractivity contribution is -0.137. The van der Waals surface area contributed by atoms with Crippen molar-refractivity contribution >= 4 is 23.2 Å². The summed E-state index contributed by atoms with van der Waals surface area (Å²) in [6.45, 7) is 3.91. The van der Waals surface area contributed by atoms with E-state index in [-0.39, 0.29) is 18.4 Å². The first kappa shape index (κ1) is 15.7. The Morgan fingerprint density at radius 2 is 2.11 bits per heavy atom.